The van der Waals surface area contributed by atoms with Crippen LogP contribution in [-0.2, 0) is 14.0 Å². The fraction of sp³-hybridized carbons (Fsp3) is 0.619. The first kappa shape index (κ1) is 23.2. The SMILES string of the molecule is COc1ccc(C=C(CNC(=O)OC(C)(C)C)B2OC(C)(C)C(C)(C)O2)c(C)n1. The van der Waals surface area contributed by atoms with Crippen LogP contribution in [-0.4, -0.2) is 48.7 Å². The maximum Gasteiger partial charge on any atom is 0.492 e. The average Bonchev–Trinajstić information content (AvgIpc) is 2.78. The molecule has 0 aliphatic carbocycles. The number of aromatic nitrogens is 1. The van der Waals surface area contributed by atoms with Crippen molar-refractivity contribution in [1.82, 2.24) is 10.3 Å². The number of hydrogen-bond donors (Lipinski definition) is 1. The molecule has 1 fully saturated rings. The van der Waals surface area contributed by atoms with Gasteiger partial charge in [-0.3, -0.25) is 0 Å². The highest BCUT2D eigenvalue weighted by Crippen LogP contribution is 2.38. The molecule has 160 valence electrons. The molecule has 1 aromatic heterocycles. The minimum Gasteiger partial charge on any atom is -0.481 e. The standard InChI is InChI=1S/C21H33BN2O5/c1-14-15(10-11-17(24-14)26-9)12-16(13-23-18(25)27-19(2,3)4)22-28-20(5,6)21(7,8)29-22/h10-12H,13H2,1-9H3,(H,23,25). The van der Waals surface area contributed by atoms with E-state index in [9.17, 15) is 4.79 Å². The van der Waals surface area contributed by atoms with Gasteiger partial charge >= 0.3 is 13.2 Å². The van der Waals surface area contributed by atoms with Crippen molar-refractivity contribution in [3.8, 4) is 5.88 Å². The Kier molecular flexibility index (Phi) is 6.70. The van der Waals surface area contributed by atoms with Crippen LogP contribution < -0.4 is 10.1 Å². The van der Waals surface area contributed by atoms with Gasteiger partial charge in [0.05, 0.1) is 18.3 Å². The third-order valence-corrected chi connectivity index (χ3v) is 5.04. The van der Waals surface area contributed by atoms with Crippen molar-refractivity contribution >= 4 is 19.3 Å². The molecule has 1 N–H and O–H groups in total. The Labute approximate surface area is 174 Å². The van der Waals surface area contributed by atoms with Crippen LogP contribution in [0.1, 0.15) is 59.7 Å². The van der Waals surface area contributed by atoms with Crippen LogP contribution in [0.3, 0.4) is 0 Å². The first-order valence-corrected chi connectivity index (χ1v) is 9.79. The molecule has 0 unspecified atom stereocenters. The largest absolute Gasteiger partial charge is 0.492 e. The number of alkyl carbamates (subject to hydrolysis) is 1. The summed E-state index contributed by atoms with van der Waals surface area (Å²) in [6, 6.07) is 3.71. The van der Waals surface area contributed by atoms with Crippen LogP contribution in [0, 0.1) is 6.92 Å². The molecule has 1 saturated heterocycles. The maximum atomic E-state index is 12.2. The molecule has 1 aromatic rings. The van der Waals surface area contributed by atoms with Crippen molar-refractivity contribution in [3.05, 3.63) is 28.9 Å². The monoisotopic (exact) mass is 404 g/mol. The Morgan fingerprint density at radius 1 is 1.21 bits per heavy atom. The van der Waals surface area contributed by atoms with Crippen LogP contribution in [0.15, 0.2) is 17.6 Å². The van der Waals surface area contributed by atoms with Gasteiger partial charge in [-0.2, -0.15) is 0 Å². The lowest BCUT2D eigenvalue weighted by atomic mass is 9.77. The summed E-state index contributed by atoms with van der Waals surface area (Å²) < 4.78 is 22.9. The lowest BCUT2D eigenvalue weighted by Gasteiger charge is -2.32. The molecule has 2 heterocycles. The minimum atomic E-state index is -0.601. The highest BCUT2D eigenvalue weighted by molar-refractivity contribution is 6.56. The predicted octanol–water partition coefficient (Wildman–Crippen LogP) is 3.94. The van der Waals surface area contributed by atoms with E-state index >= 15 is 0 Å². The lowest BCUT2D eigenvalue weighted by Crippen LogP contribution is -2.41. The summed E-state index contributed by atoms with van der Waals surface area (Å²) in [7, 11) is 0.981. The lowest BCUT2D eigenvalue weighted by molar-refractivity contribution is 0.00578. The number of aryl methyl sites for hydroxylation is 1. The van der Waals surface area contributed by atoms with Crippen molar-refractivity contribution in [2.75, 3.05) is 13.7 Å². The smallest absolute Gasteiger partial charge is 0.481 e. The van der Waals surface area contributed by atoms with E-state index in [-0.39, 0.29) is 6.54 Å². The summed E-state index contributed by atoms with van der Waals surface area (Å²) in [5.74, 6) is 0.545. The molecule has 0 saturated carbocycles. The van der Waals surface area contributed by atoms with E-state index in [0.717, 1.165) is 16.7 Å². The summed E-state index contributed by atoms with van der Waals surface area (Å²) in [6.45, 7) is 15.6. The molecule has 0 atom stereocenters. The third kappa shape index (κ3) is 5.96. The van der Waals surface area contributed by atoms with Crippen LogP contribution >= 0.6 is 0 Å². The van der Waals surface area contributed by atoms with E-state index in [0.29, 0.717) is 5.88 Å². The molecule has 0 bridgehead atoms. The topological polar surface area (TPSA) is 78.9 Å². The number of ether oxygens (including phenoxy) is 2. The highest BCUT2D eigenvalue weighted by atomic mass is 16.7. The van der Waals surface area contributed by atoms with Gasteiger partial charge in [0.2, 0.25) is 5.88 Å². The number of nitrogens with zero attached hydrogens (tertiary/aromatic N) is 1. The number of amides is 1. The Balaban J connectivity index is 2.30. The number of carbonyl (C=O) groups is 1. The Morgan fingerprint density at radius 3 is 2.28 bits per heavy atom. The Bertz CT molecular complexity index is 768. The van der Waals surface area contributed by atoms with E-state index < -0.39 is 30.0 Å². The minimum absolute atomic E-state index is 0.219. The predicted molar refractivity (Wildman–Crippen MR) is 114 cm³/mol. The molecule has 0 radical (unpaired) electrons. The van der Waals surface area contributed by atoms with E-state index in [1.165, 1.54) is 0 Å². The van der Waals surface area contributed by atoms with E-state index in [4.69, 9.17) is 18.8 Å². The van der Waals surface area contributed by atoms with Crippen molar-refractivity contribution in [1.29, 1.82) is 0 Å². The first-order chi connectivity index (χ1) is 13.2. The van der Waals surface area contributed by atoms with Crippen LogP contribution in [0.2, 0.25) is 0 Å². The fourth-order valence-electron chi connectivity index (χ4n) is 2.70. The molecule has 1 amide bonds. The summed E-state index contributed by atoms with van der Waals surface area (Å²) in [4.78, 5) is 16.6. The van der Waals surface area contributed by atoms with E-state index in [1.807, 2.05) is 67.5 Å². The zero-order chi connectivity index (χ0) is 22.0. The number of pyridine rings is 1. The van der Waals surface area contributed by atoms with Gasteiger partial charge < -0.3 is 24.1 Å². The molecule has 29 heavy (non-hydrogen) atoms. The van der Waals surface area contributed by atoms with Gasteiger partial charge in [0.25, 0.3) is 0 Å². The van der Waals surface area contributed by atoms with E-state index in [2.05, 4.69) is 10.3 Å². The highest BCUT2D eigenvalue weighted by Gasteiger charge is 2.52. The fourth-order valence-corrected chi connectivity index (χ4v) is 2.70. The number of rotatable bonds is 5. The quantitative estimate of drug-likeness (QED) is 0.749. The van der Waals surface area contributed by atoms with Gasteiger partial charge in [0.15, 0.2) is 0 Å². The molecular weight excluding hydrogens is 371 g/mol. The van der Waals surface area contributed by atoms with Crippen molar-refractivity contribution in [3.63, 3.8) is 0 Å². The van der Waals surface area contributed by atoms with E-state index in [1.54, 1.807) is 13.2 Å². The second-order valence-electron chi connectivity index (χ2n) is 9.19. The number of nitrogens with one attached hydrogen (secondary N) is 1. The van der Waals surface area contributed by atoms with Gasteiger partial charge in [-0.05, 0) is 72.5 Å². The molecule has 8 heteroatoms. The molecule has 7 nitrogen and oxygen atoms in total. The Hall–Kier alpha value is -2.06. The number of methoxy groups -OCH3 is 1. The molecule has 1 aliphatic rings. The molecule has 2 rings (SSSR count). The van der Waals surface area contributed by atoms with Gasteiger partial charge in [-0.15, -0.1) is 0 Å². The van der Waals surface area contributed by atoms with Gasteiger partial charge in [-0.1, -0.05) is 6.08 Å². The van der Waals surface area contributed by atoms with Gasteiger partial charge in [0.1, 0.15) is 5.60 Å². The zero-order valence-corrected chi connectivity index (χ0v) is 19.0. The van der Waals surface area contributed by atoms with Crippen LogP contribution in [0.25, 0.3) is 6.08 Å². The third-order valence-electron chi connectivity index (χ3n) is 5.04. The van der Waals surface area contributed by atoms with Crippen LogP contribution in [0.5, 0.6) is 5.88 Å². The molecule has 0 spiro atoms. The molecule has 1 aliphatic heterocycles. The van der Waals surface area contributed by atoms with Gasteiger partial charge in [0, 0.05) is 18.3 Å². The molecular formula is C21H33BN2O5. The van der Waals surface area contributed by atoms with Crippen molar-refractivity contribution in [2.45, 2.75) is 72.2 Å². The second-order valence-corrected chi connectivity index (χ2v) is 9.19. The van der Waals surface area contributed by atoms with Gasteiger partial charge in [-0.25, -0.2) is 9.78 Å². The van der Waals surface area contributed by atoms with Crippen molar-refractivity contribution in [2.24, 2.45) is 0 Å². The number of hydrogen-bond acceptors (Lipinski definition) is 6. The van der Waals surface area contributed by atoms with Crippen molar-refractivity contribution < 1.29 is 23.6 Å². The average molecular weight is 404 g/mol. The second kappa shape index (κ2) is 8.36. The molecule has 0 aromatic carbocycles. The normalized spacial score (nSPS) is 18.5. The number of carbonyl (C=O) groups excluding carboxylic acids is 1. The maximum absolute atomic E-state index is 12.2. The zero-order valence-electron chi connectivity index (χ0n) is 19.0. The summed E-state index contributed by atoms with van der Waals surface area (Å²) in [5, 5.41) is 2.80. The summed E-state index contributed by atoms with van der Waals surface area (Å²) in [6.07, 6.45) is 1.44. The summed E-state index contributed by atoms with van der Waals surface area (Å²) >= 11 is 0. The first-order valence-electron chi connectivity index (χ1n) is 9.79. The Morgan fingerprint density at radius 2 is 1.79 bits per heavy atom. The van der Waals surface area contributed by atoms with Crippen LogP contribution in [0.4, 0.5) is 4.79 Å². The summed E-state index contributed by atoms with van der Waals surface area (Å²) in [5.41, 5.74) is 0.905.